The van der Waals surface area contributed by atoms with E-state index in [4.69, 9.17) is 4.98 Å². The van der Waals surface area contributed by atoms with Crippen LogP contribution in [0.4, 0.5) is 0 Å². The summed E-state index contributed by atoms with van der Waals surface area (Å²) in [4.78, 5) is 4.95. The second-order valence-corrected chi connectivity index (χ2v) is 12.9. The maximum Gasteiger partial charge on any atom is 0.292 e. The van der Waals surface area contributed by atoms with Crippen LogP contribution >= 0.6 is 0 Å². The van der Waals surface area contributed by atoms with Crippen LogP contribution in [-0.4, -0.2) is 16.3 Å². The Labute approximate surface area is 288 Å². The number of benzene rings is 8. The summed E-state index contributed by atoms with van der Waals surface area (Å²) in [6.07, 6.45) is 0. The smallest absolute Gasteiger partial charge is 0.292 e. The minimum atomic E-state index is 0.216. The van der Waals surface area contributed by atoms with Crippen molar-refractivity contribution in [2.24, 2.45) is 0 Å². The van der Waals surface area contributed by atoms with Crippen LogP contribution in [0.3, 0.4) is 0 Å². The fourth-order valence-electron chi connectivity index (χ4n) is 7.24. The minimum absolute atomic E-state index is 0.216. The van der Waals surface area contributed by atoms with E-state index in [9.17, 15) is 0 Å². The molecule has 234 valence electrons. The fraction of sp³-hybridized carbons (Fsp3) is 0.0652. The first-order valence-electron chi connectivity index (χ1n) is 17.0. The van der Waals surface area contributed by atoms with Gasteiger partial charge in [0.1, 0.15) is 5.82 Å². The maximum atomic E-state index is 4.95. The van der Waals surface area contributed by atoms with Crippen molar-refractivity contribution in [2.75, 3.05) is 0 Å². The van der Waals surface area contributed by atoms with Gasteiger partial charge in [0, 0.05) is 5.56 Å². The van der Waals surface area contributed by atoms with Crippen molar-refractivity contribution in [1.29, 1.82) is 0 Å². The third-order valence-electron chi connectivity index (χ3n) is 9.75. The van der Waals surface area contributed by atoms with E-state index in [-0.39, 0.29) is 6.85 Å². The third kappa shape index (κ3) is 5.68. The zero-order valence-corrected chi connectivity index (χ0v) is 28.1. The minimum Gasteiger partial charge on any atom is -0.365 e. The summed E-state index contributed by atoms with van der Waals surface area (Å²) in [7, 11) is 0. The molecule has 8 aromatic carbocycles. The molecule has 9 rings (SSSR count). The average molecular weight is 629 g/mol. The second-order valence-electron chi connectivity index (χ2n) is 12.9. The van der Waals surface area contributed by atoms with E-state index < -0.39 is 0 Å². The number of hydrogen-bond donors (Lipinski definition) is 0. The molecule has 1 heterocycles. The zero-order chi connectivity index (χ0) is 33.3. The van der Waals surface area contributed by atoms with Crippen LogP contribution in [0.25, 0.3) is 65.9 Å². The van der Waals surface area contributed by atoms with E-state index in [1.54, 1.807) is 0 Å². The molecule has 0 aliphatic heterocycles. The number of aryl methyl sites for hydroxylation is 2. The SMILES string of the molecule is CB(c1ccccc1)n1c(-c2ccccc2C)nc2ccccc21.Cc1cccc(-c2ccc3c4ccccc4c4ccccc4c3c2)c1. The molecule has 9 aromatic rings. The molecule has 0 spiro atoms. The van der Waals surface area contributed by atoms with Gasteiger partial charge in [0.15, 0.2) is 0 Å². The molecule has 49 heavy (non-hydrogen) atoms. The van der Waals surface area contributed by atoms with E-state index >= 15 is 0 Å². The van der Waals surface area contributed by atoms with Gasteiger partial charge in [0.2, 0.25) is 0 Å². The lowest BCUT2D eigenvalue weighted by Crippen LogP contribution is -2.35. The highest BCUT2D eigenvalue weighted by Crippen LogP contribution is 2.37. The van der Waals surface area contributed by atoms with Crippen molar-refractivity contribution in [1.82, 2.24) is 9.46 Å². The Bertz CT molecular complexity index is 2560. The van der Waals surface area contributed by atoms with Crippen molar-refractivity contribution in [2.45, 2.75) is 20.7 Å². The maximum absolute atomic E-state index is 4.95. The summed E-state index contributed by atoms with van der Waals surface area (Å²) in [5, 5.41) is 7.96. The predicted octanol–water partition coefficient (Wildman–Crippen LogP) is 11.5. The molecule has 0 amide bonds. The largest absolute Gasteiger partial charge is 0.365 e. The molecule has 0 saturated heterocycles. The lowest BCUT2D eigenvalue weighted by Gasteiger charge is -2.16. The predicted molar refractivity (Wildman–Crippen MR) is 212 cm³/mol. The van der Waals surface area contributed by atoms with Gasteiger partial charge in [0.05, 0.1) is 11.0 Å². The van der Waals surface area contributed by atoms with E-state index in [2.05, 4.69) is 195 Å². The summed E-state index contributed by atoms with van der Waals surface area (Å²) in [5.74, 6) is 1.03. The number of aromatic nitrogens is 2. The number of para-hydroxylation sites is 2. The molecule has 0 N–H and O–H groups in total. The van der Waals surface area contributed by atoms with Crippen LogP contribution in [0.15, 0.2) is 170 Å². The molecule has 0 bridgehead atoms. The molecule has 0 fully saturated rings. The van der Waals surface area contributed by atoms with Crippen molar-refractivity contribution in [3.63, 3.8) is 0 Å². The van der Waals surface area contributed by atoms with Crippen molar-refractivity contribution < 1.29 is 0 Å². The number of fused-ring (bicyclic) bond motifs is 7. The highest BCUT2D eigenvalue weighted by atomic mass is 15.0. The number of imidazole rings is 1. The fourth-order valence-corrected chi connectivity index (χ4v) is 7.24. The molecule has 2 nitrogen and oxygen atoms in total. The summed E-state index contributed by atoms with van der Waals surface area (Å²) >= 11 is 0. The van der Waals surface area contributed by atoms with Crippen LogP contribution in [0, 0.1) is 13.8 Å². The van der Waals surface area contributed by atoms with Gasteiger partial charge >= 0.3 is 0 Å². The van der Waals surface area contributed by atoms with Crippen molar-refractivity contribution in [3.05, 3.63) is 181 Å². The molecular formula is C46H37BN2. The number of nitrogens with zero attached hydrogens (tertiary/aromatic N) is 2. The molecular weight excluding hydrogens is 591 g/mol. The molecule has 0 radical (unpaired) electrons. The summed E-state index contributed by atoms with van der Waals surface area (Å²) in [5.41, 5.74) is 9.78. The lowest BCUT2D eigenvalue weighted by molar-refractivity contribution is 1.20. The average Bonchev–Trinajstić information content (AvgIpc) is 3.54. The first-order valence-corrected chi connectivity index (χ1v) is 17.0. The van der Waals surface area contributed by atoms with Gasteiger partial charge in [-0.2, -0.15) is 0 Å². The Hall–Kier alpha value is -5.93. The lowest BCUT2D eigenvalue weighted by atomic mass is 9.58. The van der Waals surface area contributed by atoms with Crippen molar-refractivity contribution >= 4 is 55.7 Å². The Morgan fingerprint density at radius 3 is 1.73 bits per heavy atom. The van der Waals surface area contributed by atoms with Gasteiger partial charge in [-0.05, 0) is 81.1 Å². The van der Waals surface area contributed by atoms with Gasteiger partial charge < -0.3 is 4.48 Å². The topological polar surface area (TPSA) is 17.8 Å². The van der Waals surface area contributed by atoms with Gasteiger partial charge in [-0.1, -0.05) is 170 Å². The first kappa shape index (κ1) is 30.4. The van der Waals surface area contributed by atoms with Gasteiger partial charge in [-0.3, -0.25) is 0 Å². The number of hydrogen-bond acceptors (Lipinski definition) is 1. The normalized spacial score (nSPS) is 11.2. The highest BCUT2D eigenvalue weighted by molar-refractivity contribution is 6.71. The molecule has 3 heteroatoms. The summed E-state index contributed by atoms with van der Waals surface area (Å²) in [6, 6.07) is 60.5. The second kappa shape index (κ2) is 12.9. The van der Waals surface area contributed by atoms with Crippen LogP contribution in [0.2, 0.25) is 6.82 Å². The monoisotopic (exact) mass is 628 g/mol. The van der Waals surface area contributed by atoms with E-state index in [1.165, 1.54) is 71.1 Å². The zero-order valence-electron chi connectivity index (χ0n) is 28.1. The van der Waals surface area contributed by atoms with Gasteiger partial charge in [0.25, 0.3) is 6.85 Å². The molecule has 0 saturated carbocycles. The standard InChI is InChI=1S/C25H18.C21H19BN2/c1-17-7-6-8-18(15-17)19-13-14-24-22-11-3-2-9-20(22)21-10-4-5-12-23(21)25(24)16-19;1-16-10-6-7-13-18(16)21-23-19-14-8-9-15-20(19)24(21)22(2)17-11-4-3-5-12-17/h2-16H,1H3;3-15H,1-2H3. The van der Waals surface area contributed by atoms with E-state index in [0.717, 1.165) is 11.3 Å². The van der Waals surface area contributed by atoms with E-state index in [1.807, 2.05) is 0 Å². The molecule has 0 unspecified atom stereocenters. The first-order chi connectivity index (χ1) is 24.1. The molecule has 0 aliphatic rings. The Morgan fingerprint density at radius 1 is 0.469 bits per heavy atom. The molecule has 1 aromatic heterocycles. The summed E-state index contributed by atoms with van der Waals surface area (Å²) in [6.45, 7) is 6.75. The van der Waals surface area contributed by atoms with Crippen molar-refractivity contribution in [3.8, 4) is 22.5 Å². The quantitative estimate of drug-likeness (QED) is 0.140. The van der Waals surface area contributed by atoms with Crippen LogP contribution in [-0.2, 0) is 0 Å². The Kier molecular flexibility index (Phi) is 8.03. The van der Waals surface area contributed by atoms with E-state index in [0.29, 0.717) is 0 Å². The highest BCUT2D eigenvalue weighted by Gasteiger charge is 2.22. The van der Waals surface area contributed by atoms with Crippen LogP contribution in [0.1, 0.15) is 11.1 Å². The third-order valence-corrected chi connectivity index (χ3v) is 9.75. The number of rotatable bonds is 4. The summed E-state index contributed by atoms with van der Waals surface area (Å²) < 4.78 is 2.35. The van der Waals surface area contributed by atoms with Crippen LogP contribution < -0.4 is 5.46 Å². The van der Waals surface area contributed by atoms with Gasteiger partial charge in [-0.25, -0.2) is 4.98 Å². The molecule has 0 atom stereocenters. The molecule has 0 aliphatic carbocycles. The Morgan fingerprint density at radius 2 is 1.04 bits per heavy atom. The van der Waals surface area contributed by atoms with Crippen LogP contribution in [0.5, 0.6) is 0 Å². The van der Waals surface area contributed by atoms with Gasteiger partial charge in [-0.15, -0.1) is 0 Å². The Balaban J connectivity index is 0.000000142.